The standard InChI is InChI=1S/C42H53Cl2N3O9/c1-45(17-20-54-22-19-48)38(49)27-55-37-25-29-7-5-6-8-32(29)41(37)11-14-46(15-12-41)16-13-42(31-9-10-33(43)34(44)26-31)28-47(18-21-56-42)40(50)30-23-35(51-2)39(53-4)36(24-30)52-3/h5-10,23-24,26,37,48H,11-22,25,27-28H2,1-4H3/t37-,42-/m0/s1. The molecule has 2 heterocycles. The van der Waals surface area contributed by atoms with E-state index >= 15 is 0 Å². The van der Waals surface area contributed by atoms with Gasteiger partial charge < -0.3 is 48.2 Å². The highest BCUT2D eigenvalue weighted by molar-refractivity contribution is 6.42. The van der Waals surface area contributed by atoms with Crippen molar-refractivity contribution in [3.05, 3.63) is 86.9 Å². The number of rotatable bonds is 16. The third-order valence-electron chi connectivity index (χ3n) is 11.6. The summed E-state index contributed by atoms with van der Waals surface area (Å²) in [6.45, 7) is 4.40. The Morgan fingerprint density at radius 1 is 0.946 bits per heavy atom. The zero-order chi connectivity index (χ0) is 39.9. The van der Waals surface area contributed by atoms with Crippen molar-refractivity contribution in [3.8, 4) is 17.2 Å². The summed E-state index contributed by atoms with van der Waals surface area (Å²) in [6, 6.07) is 17.5. The fourth-order valence-electron chi connectivity index (χ4n) is 8.45. The smallest absolute Gasteiger partial charge is 0.254 e. The normalized spacial score (nSPS) is 20.5. The molecule has 56 heavy (non-hydrogen) atoms. The van der Waals surface area contributed by atoms with Gasteiger partial charge in [-0.3, -0.25) is 9.59 Å². The highest BCUT2D eigenvalue weighted by Crippen LogP contribution is 2.48. The van der Waals surface area contributed by atoms with Crippen molar-refractivity contribution in [2.24, 2.45) is 0 Å². The lowest BCUT2D eigenvalue weighted by Crippen LogP contribution is -2.54. The van der Waals surface area contributed by atoms with Crippen molar-refractivity contribution >= 4 is 35.0 Å². The van der Waals surface area contributed by atoms with Crippen LogP contribution in [0.15, 0.2) is 54.6 Å². The first-order chi connectivity index (χ1) is 27.1. The van der Waals surface area contributed by atoms with Crippen molar-refractivity contribution in [1.29, 1.82) is 0 Å². The van der Waals surface area contributed by atoms with Gasteiger partial charge in [-0.2, -0.15) is 0 Å². The van der Waals surface area contributed by atoms with Gasteiger partial charge in [0.2, 0.25) is 11.7 Å². The number of methoxy groups -OCH3 is 3. The Balaban J connectivity index is 1.17. The van der Waals surface area contributed by atoms with E-state index in [4.69, 9.17) is 56.7 Å². The van der Waals surface area contributed by atoms with Crippen molar-refractivity contribution in [2.45, 2.75) is 42.8 Å². The van der Waals surface area contributed by atoms with Gasteiger partial charge >= 0.3 is 0 Å². The summed E-state index contributed by atoms with van der Waals surface area (Å²) in [5.74, 6) is 0.943. The molecule has 3 aromatic carbocycles. The van der Waals surface area contributed by atoms with E-state index in [0.29, 0.717) is 72.1 Å². The number of fused-ring (bicyclic) bond motifs is 2. The SMILES string of the molecule is COc1cc(C(=O)N2CCO[C@](CCN3CCC4(CC3)c3ccccc3C[C@@H]4OCC(=O)N(C)CCOCCO)(c3ccc(Cl)c(Cl)c3)C2)cc(OC)c1OC. The number of ether oxygens (including phenoxy) is 6. The summed E-state index contributed by atoms with van der Waals surface area (Å²) in [7, 11) is 6.32. The fourth-order valence-corrected chi connectivity index (χ4v) is 8.74. The predicted octanol–water partition coefficient (Wildman–Crippen LogP) is 5.22. The van der Waals surface area contributed by atoms with Crippen LogP contribution in [0, 0.1) is 0 Å². The number of benzene rings is 3. The van der Waals surface area contributed by atoms with Gasteiger partial charge in [0, 0.05) is 37.7 Å². The van der Waals surface area contributed by atoms with Gasteiger partial charge in [0.1, 0.15) is 12.2 Å². The average molecular weight is 815 g/mol. The Kier molecular flexibility index (Phi) is 14.1. The maximum atomic E-state index is 14.2. The topological polar surface area (TPSA) is 119 Å². The van der Waals surface area contributed by atoms with E-state index in [1.165, 1.54) is 32.5 Å². The van der Waals surface area contributed by atoms with Crippen LogP contribution in [0.25, 0.3) is 0 Å². The lowest BCUT2D eigenvalue weighted by molar-refractivity contribution is -0.139. The predicted molar refractivity (Wildman–Crippen MR) is 213 cm³/mol. The molecule has 3 aromatic rings. The minimum Gasteiger partial charge on any atom is -0.493 e. The van der Waals surface area contributed by atoms with Crippen LogP contribution in [-0.4, -0.2) is 138 Å². The Labute approximate surface area is 339 Å². The van der Waals surface area contributed by atoms with Crippen LogP contribution in [-0.2, 0) is 36.4 Å². The van der Waals surface area contributed by atoms with Gasteiger partial charge in [0.05, 0.1) is 70.5 Å². The molecule has 14 heteroatoms. The second kappa shape index (κ2) is 18.8. The van der Waals surface area contributed by atoms with Crippen LogP contribution in [0.5, 0.6) is 17.2 Å². The second-order valence-electron chi connectivity index (χ2n) is 14.7. The lowest BCUT2D eigenvalue weighted by atomic mass is 9.72. The summed E-state index contributed by atoms with van der Waals surface area (Å²) < 4.78 is 35.1. The highest BCUT2D eigenvalue weighted by atomic mass is 35.5. The van der Waals surface area contributed by atoms with E-state index in [1.54, 1.807) is 30.1 Å². The Morgan fingerprint density at radius 3 is 2.36 bits per heavy atom. The molecule has 0 radical (unpaired) electrons. The fraction of sp³-hybridized carbons (Fsp3) is 0.524. The first-order valence-electron chi connectivity index (χ1n) is 19.1. The molecule has 0 unspecified atom stereocenters. The molecule has 1 aliphatic carbocycles. The van der Waals surface area contributed by atoms with Crippen LogP contribution < -0.4 is 14.2 Å². The van der Waals surface area contributed by atoms with Crippen LogP contribution >= 0.6 is 23.2 Å². The van der Waals surface area contributed by atoms with Gasteiger partial charge in [-0.25, -0.2) is 0 Å². The summed E-state index contributed by atoms with van der Waals surface area (Å²) in [5.41, 5.74) is 2.80. The maximum Gasteiger partial charge on any atom is 0.254 e. The number of halogens is 2. The summed E-state index contributed by atoms with van der Waals surface area (Å²) >= 11 is 13.0. The van der Waals surface area contributed by atoms with Crippen molar-refractivity contribution < 1.29 is 43.1 Å². The third-order valence-corrected chi connectivity index (χ3v) is 12.4. The van der Waals surface area contributed by atoms with E-state index in [2.05, 4.69) is 29.2 Å². The molecule has 1 spiro atoms. The van der Waals surface area contributed by atoms with Crippen LogP contribution in [0.2, 0.25) is 10.0 Å². The van der Waals surface area contributed by atoms with E-state index in [0.717, 1.165) is 44.5 Å². The molecule has 0 bridgehead atoms. The van der Waals surface area contributed by atoms with E-state index in [9.17, 15) is 9.59 Å². The van der Waals surface area contributed by atoms with E-state index < -0.39 is 5.60 Å². The van der Waals surface area contributed by atoms with Gasteiger partial charge in [0.25, 0.3) is 5.91 Å². The van der Waals surface area contributed by atoms with Crippen molar-refractivity contribution in [2.75, 3.05) is 101 Å². The van der Waals surface area contributed by atoms with Crippen molar-refractivity contribution in [3.63, 3.8) is 0 Å². The Bertz CT molecular complexity index is 1810. The largest absolute Gasteiger partial charge is 0.493 e. The molecule has 304 valence electrons. The number of amides is 2. The number of likely N-dealkylation sites (tertiary alicyclic amines) is 1. The molecule has 1 N–H and O–H groups in total. The monoisotopic (exact) mass is 813 g/mol. The van der Waals surface area contributed by atoms with Gasteiger partial charge in [-0.15, -0.1) is 0 Å². The molecule has 2 saturated heterocycles. The Hall–Kier alpha value is -3.62. The number of hydrogen-bond donors (Lipinski definition) is 1. The summed E-state index contributed by atoms with van der Waals surface area (Å²) in [5, 5.41) is 9.83. The molecule has 12 nitrogen and oxygen atoms in total. The molecule has 2 atom stereocenters. The molecule has 0 aromatic heterocycles. The molecule has 0 saturated carbocycles. The number of hydrogen-bond acceptors (Lipinski definition) is 10. The molecular weight excluding hydrogens is 761 g/mol. The summed E-state index contributed by atoms with van der Waals surface area (Å²) in [4.78, 5) is 33.1. The number of aliphatic hydroxyl groups excluding tert-OH is 1. The molecule has 2 fully saturated rings. The number of aliphatic hydroxyl groups is 1. The third kappa shape index (κ3) is 8.92. The quantitative estimate of drug-likeness (QED) is 0.193. The van der Waals surface area contributed by atoms with Gasteiger partial charge in [0.15, 0.2) is 11.5 Å². The second-order valence-corrected chi connectivity index (χ2v) is 15.5. The maximum absolute atomic E-state index is 14.2. The number of carbonyl (C=O) groups is 2. The Morgan fingerprint density at radius 2 is 1.68 bits per heavy atom. The van der Waals surface area contributed by atoms with Crippen LogP contribution in [0.1, 0.15) is 46.3 Å². The van der Waals surface area contributed by atoms with Crippen molar-refractivity contribution in [1.82, 2.24) is 14.7 Å². The summed E-state index contributed by atoms with van der Waals surface area (Å²) in [6.07, 6.45) is 3.00. The van der Waals surface area contributed by atoms with E-state index in [1.807, 2.05) is 17.0 Å². The van der Waals surface area contributed by atoms with Crippen LogP contribution in [0.3, 0.4) is 0 Å². The highest BCUT2D eigenvalue weighted by Gasteiger charge is 2.49. The molecule has 2 aliphatic heterocycles. The molecule has 2 amide bonds. The average Bonchev–Trinajstić information content (AvgIpc) is 3.53. The first kappa shape index (κ1) is 42.0. The first-order valence-corrected chi connectivity index (χ1v) is 19.9. The molecule has 6 rings (SSSR count). The minimum atomic E-state index is -0.848. The number of piperidine rings is 1. The zero-order valence-electron chi connectivity index (χ0n) is 32.7. The van der Waals surface area contributed by atoms with Gasteiger partial charge in [-0.05, 0) is 79.7 Å². The van der Waals surface area contributed by atoms with E-state index in [-0.39, 0.29) is 43.2 Å². The number of morpholine rings is 1. The van der Waals surface area contributed by atoms with Gasteiger partial charge in [-0.1, -0.05) is 53.5 Å². The number of likely N-dealkylation sites (N-methyl/N-ethyl adjacent to an activating group) is 1. The minimum absolute atomic E-state index is 0.00453. The number of carbonyl (C=O) groups excluding carboxylic acids is 2. The number of nitrogens with zero attached hydrogens (tertiary/aromatic N) is 3. The molecular formula is C42H53Cl2N3O9. The molecule has 3 aliphatic rings. The lowest BCUT2D eigenvalue weighted by Gasteiger charge is -2.46. The van der Waals surface area contributed by atoms with Crippen LogP contribution in [0.4, 0.5) is 0 Å². The zero-order valence-corrected chi connectivity index (χ0v) is 34.2.